The van der Waals surface area contributed by atoms with E-state index in [2.05, 4.69) is 12.1 Å². The number of hydrogen-bond donors (Lipinski definition) is 0. The van der Waals surface area contributed by atoms with Crippen molar-refractivity contribution in [3.05, 3.63) is 86.4 Å². The molecule has 1 aliphatic heterocycles. The van der Waals surface area contributed by atoms with Crippen LogP contribution in [0.3, 0.4) is 0 Å². The van der Waals surface area contributed by atoms with E-state index in [0.29, 0.717) is 13.1 Å². The molecule has 1 atom stereocenters. The van der Waals surface area contributed by atoms with Gasteiger partial charge in [-0.05, 0) is 40.1 Å². The third kappa shape index (κ3) is 4.49. The third-order valence-corrected chi connectivity index (χ3v) is 6.77. The molecule has 6 heteroatoms. The van der Waals surface area contributed by atoms with Crippen LogP contribution in [0.5, 0.6) is 0 Å². The summed E-state index contributed by atoms with van der Waals surface area (Å²) in [5.74, 6) is -0.00947. The average Bonchev–Trinajstić information content (AvgIpc) is 3.41. The standard InChI is InChI=1S/C23H22N2O2S2/c1-17(26)25-11-10-18-6-2-3-9-21(18)22(25)14-23(27)24(15-19-7-4-12-28-19)16-20-8-5-13-29-20/h2-13,22H,14-16H2,1H3. The van der Waals surface area contributed by atoms with Gasteiger partial charge in [-0.2, -0.15) is 0 Å². The monoisotopic (exact) mass is 422 g/mol. The smallest absolute Gasteiger partial charge is 0.225 e. The Balaban J connectivity index is 1.59. The first-order valence-corrected chi connectivity index (χ1v) is 11.3. The van der Waals surface area contributed by atoms with Crippen LogP contribution in [-0.4, -0.2) is 21.6 Å². The molecular formula is C23H22N2O2S2. The van der Waals surface area contributed by atoms with Crippen LogP contribution in [-0.2, 0) is 22.7 Å². The molecule has 29 heavy (non-hydrogen) atoms. The highest BCUT2D eigenvalue weighted by atomic mass is 32.1. The molecule has 0 bridgehead atoms. The summed E-state index contributed by atoms with van der Waals surface area (Å²) in [5, 5.41) is 4.06. The van der Waals surface area contributed by atoms with Gasteiger partial charge >= 0.3 is 0 Å². The molecule has 0 saturated carbocycles. The Labute approximate surface area is 178 Å². The second-order valence-electron chi connectivity index (χ2n) is 7.00. The zero-order valence-corrected chi connectivity index (χ0v) is 17.8. The number of benzene rings is 1. The van der Waals surface area contributed by atoms with E-state index in [1.54, 1.807) is 40.7 Å². The van der Waals surface area contributed by atoms with E-state index in [-0.39, 0.29) is 24.3 Å². The lowest BCUT2D eigenvalue weighted by atomic mass is 9.93. The summed E-state index contributed by atoms with van der Waals surface area (Å²) < 4.78 is 0. The van der Waals surface area contributed by atoms with Crippen molar-refractivity contribution in [3.63, 3.8) is 0 Å². The predicted molar refractivity (Wildman–Crippen MR) is 118 cm³/mol. The van der Waals surface area contributed by atoms with Gasteiger partial charge in [0.05, 0.1) is 25.6 Å². The van der Waals surface area contributed by atoms with Gasteiger partial charge in [-0.3, -0.25) is 9.59 Å². The molecule has 0 radical (unpaired) electrons. The van der Waals surface area contributed by atoms with Crippen molar-refractivity contribution < 1.29 is 9.59 Å². The molecular weight excluding hydrogens is 400 g/mol. The normalized spacial score (nSPS) is 15.2. The lowest BCUT2D eigenvalue weighted by Gasteiger charge is -2.34. The Morgan fingerprint density at radius 1 is 0.966 bits per heavy atom. The Morgan fingerprint density at radius 3 is 2.21 bits per heavy atom. The van der Waals surface area contributed by atoms with Crippen molar-refractivity contribution >= 4 is 40.6 Å². The lowest BCUT2D eigenvalue weighted by molar-refractivity contribution is -0.135. The van der Waals surface area contributed by atoms with Crippen molar-refractivity contribution in [2.75, 3.05) is 0 Å². The van der Waals surface area contributed by atoms with Crippen molar-refractivity contribution in [1.82, 2.24) is 9.80 Å². The van der Waals surface area contributed by atoms with Crippen LogP contribution in [0.1, 0.15) is 40.3 Å². The SMILES string of the molecule is CC(=O)N1C=Cc2ccccc2C1CC(=O)N(Cc1cccs1)Cc1cccs1. The zero-order valence-electron chi connectivity index (χ0n) is 16.2. The van der Waals surface area contributed by atoms with E-state index < -0.39 is 0 Å². The molecule has 1 aromatic carbocycles. The first kappa shape index (κ1) is 19.6. The van der Waals surface area contributed by atoms with Gasteiger partial charge in [-0.15, -0.1) is 22.7 Å². The van der Waals surface area contributed by atoms with Crippen LogP contribution in [0.2, 0.25) is 0 Å². The highest BCUT2D eigenvalue weighted by molar-refractivity contribution is 7.10. The van der Waals surface area contributed by atoms with Crippen molar-refractivity contribution in [1.29, 1.82) is 0 Å². The fourth-order valence-corrected chi connectivity index (χ4v) is 5.06. The van der Waals surface area contributed by atoms with Crippen LogP contribution in [0.15, 0.2) is 65.5 Å². The molecule has 0 aliphatic carbocycles. The highest BCUT2D eigenvalue weighted by Gasteiger charge is 2.30. The van der Waals surface area contributed by atoms with Gasteiger partial charge in [-0.25, -0.2) is 0 Å². The van der Waals surface area contributed by atoms with E-state index in [1.807, 2.05) is 58.1 Å². The van der Waals surface area contributed by atoms with Crippen molar-refractivity contribution in [3.8, 4) is 0 Å². The van der Waals surface area contributed by atoms with Crippen molar-refractivity contribution in [2.24, 2.45) is 0 Å². The molecule has 4 nitrogen and oxygen atoms in total. The molecule has 0 N–H and O–H groups in total. The molecule has 3 aromatic rings. The van der Waals surface area contributed by atoms with Gasteiger partial charge in [0.2, 0.25) is 11.8 Å². The molecule has 0 saturated heterocycles. The van der Waals surface area contributed by atoms with Crippen LogP contribution >= 0.6 is 22.7 Å². The van der Waals surface area contributed by atoms with Crippen LogP contribution in [0.4, 0.5) is 0 Å². The maximum atomic E-state index is 13.4. The number of rotatable bonds is 6. The predicted octanol–water partition coefficient (Wildman–Crippen LogP) is 5.30. The van der Waals surface area contributed by atoms with Crippen LogP contribution in [0.25, 0.3) is 6.08 Å². The fraction of sp³-hybridized carbons (Fsp3) is 0.217. The minimum atomic E-state index is -0.282. The molecule has 3 heterocycles. The Kier molecular flexibility index (Phi) is 5.92. The summed E-state index contributed by atoms with van der Waals surface area (Å²) in [5.41, 5.74) is 2.08. The maximum absolute atomic E-state index is 13.4. The molecule has 0 spiro atoms. The largest absolute Gasteiger partial charge is 0.332 e. The Hall–Kier alpha value is -2.70. The van der Waals surface area contributed by atoms with Crippen LogP contribution in [0, 0.1) is 0 Å². The van der Waals surface area contributed by atoms with E-state index in [4.69, 9.17) is 0 Å². The highest BCUT2D eigenvalue weighted by Crippen LogP contribution is 2.33. The second-order valence-corrected chi connectivity index (χ2v) is 9.06. The van der Waals surface area contributed by atoms with E-state index >= 15 is 0 Å². The van der Waals surface area contributed by atoms with E-state index in [0.717, 1.165) is 20.9 Å². The number of fused-ring (bicyclic) bond motifs is 1. The van der Waals surface area contributed by atoms with Gasteiger partial charge in [0.25, 0.3) is 0 Å². The van der Waals surface area contributed by atoms with Crippen molar-refractivity contribution in [2.45, 2.75) is 32.5 Å². The summed E-state index contributed by atoms with van der Waals surface area (Å²) in [6.07, 6.45) is 4.00. The molecule has 1 unspecified atom stereocenters. The first-order chi connectivity index (χ1) is 14.1. The summed E-state index contributed by atoms with van der Waals surface area (Å²) in [6, 6.07) is 15.8. The Morgan fingerprint density at radius 2 is 1.62 bits per heavy atom. The number of thiophene rings is 2. The number of carbonyl (C=O) groups excluding carboxylic acids is 2. The quantitative estimate of drug-likeness (QED) is 0.541. The number of hydrogen-bond acceptors (Lipinski definition) is 4. The minimum absolute atomic E-state index is 0.0492. The minimum Gasteiger partial charge on any atom is -0.332 e. The number of amides is 2. The molecule has 0 fully saturated rings. The first-order valence-electron chi connectivity index (χ1n) is 9.50. The van der Waals surface area contributed by atoms with Gasteiger partial charge in [-0.1, -0.05) is 36.4 Å². The summed E-state index contributed by atoms with van der Waals surface area (Å²) >= 11 is 3.31. The summed E-state index contributed by atoms with van der Waals surface area (Å²) in [6.45, 7) is 2.71. The number of carbonyl (C=O) groups is 2. The molecule has 4 rings (SSSR count). The van der Waals surface area contributed by atoms with Gasteiger partial charge < -0.3 is 9.80 Å². The molecule has 1 aliphatic rings. The maximum Gasteiger partial charge on any atom is 0.225 e. The number of nitrogens with zero attached hydrogens (tertiary/aromatic N) is 2. The van der Waals surface area contributed by atoms with E-state index in [1.165, 1.54) is 0 Å². The summed E-state index contributed by atoms with van der Waals surface area (Å²) in [7, 11) is 0. The molecule has 2 aromatic heterocycles. The molecule has 148 valence electrons. The van der Waals surface area contributed by atoms with Gasteiger partial charge in [0.15, 0.2) is 0 Å². The topological polar surface area (TPSA) is 40.6 Å². The third-order valence-electron chi connectivity index (χ3n) is 5.04. The fourth-order valence-electron chi connectivity index (χ4n) is 3.62. The van der Waals surface area contributed by atoms with E-state index in [9.17, 15) is 9.59 Å². The molecule has 2 amide bonds. The van der Waals surface area contributed by atoms with Gasteiger partial charge in [0.1, 0.15) is 0 Å². The van der Waals surface area contributed by atoms with Crippen LogP contribution < -0.4 is 0 Å². The summed E-state index contributed by atoms with van der Waals surface area (Å²) in [4.78, 5) is 31.5. The second kappa shape index (κ2) is 8.76. The average molecular weight is 423 g/mol. The van der Waals surface area contributed by atoms with Gasteiger partial charge in [0, 0.05) is 22.9 Å². The Bertz CT molecular complexity index is 973. The lowest BCUT2D eigenvalue weighted by Crippen LogP contribution is -2.37. The zero-order chi connectivity index (χ0) is 20.2.